The summed E-state index contributed by atoms with van der Waals surface area (Å²) in [7, 11) is -3.62. The Morgan fingerprint density at radius 3 is 1.97 bits per heavy atom. The molecule has 1 amide bonds. The van der Waals surface area contributed by atoms with Gasteiger partial charge in [0.1, 0.15) is 5.69 Å². The van der Waals surface area contributed by atoms with Crippen LogP contribution >= 0.6 is 0 Å². The quantitative estimate of drug-likeness (QED) is 0.731. The van der Waals surface area contributed by atoms with Crippen molar-refractivity contribution in [1.82, 2.24) is 14.2 Å². The van der Waals surface area contributed by atoms with Gasteiger partial charge in [-0.25, -0.2) is 8.42 Å². The summed E-state index contributed by atoms with van der Waals surface area (Å²) in [6, 6.07) is 7.02. The fraction of sp³-hybridized carbons (Fsp3) is 0.478. The SMILES string of the molecule is CC(=O)c1c(C)[nH]c(C(=O)N2CCN(S(=O)(=O)c3ccc(C(C)(C)C)cc3)CC2)c1C. The Labute approximate surface area is 184 Å². The number of H-pyrrole nitrogens is 1. The normalized spacial score (nSPS) is 15.9. The van der Waals surface area contributed by atoms with Crippen LogP contribution in [0.3, 0.4) is 0 Å². The van der Waals surface area contributed by atoms with Crippen molar-refractivity contribution in [3.8, 4) is 0 Å². The molecule has 0 spiro atoms. The predicted octanol–water partition coefficient (Wildman–Crippen LogP) is 3.28. The molecule has 0 bridgehead atoms. The van der Waals surface area contributed by atoms with Gasteiger partial charge in [0.2, 0.25) is 10.0 Å². The van der Waals surface area contributed by atoms with Gasteiger partial charge in [-0.05, 0) is 49.4 Å². The lowest BCUT2D eigenvalue weighted by Crippen LogP contribution is -2.50. The number of aryl methyl sites for hydroxylation is 1. The number of hydrogen-bond donors (Lipinski definition) is 1. The van der Waals surface area contributed by atoms with Crippen LogP contribution in [0.15, 0.2) is 29.2 Å². The van der Waals surface area contributed by atoms with E-state index < -0.39 is 10.0 Å². The molecule has 0 atom stereocenters. The second kappa shape index (κ2) is 8.24. The number of carbonyl (C=O) groups excluding carboxylic acids is 2. The number of ketones is 1. The molecule has 0 saturated carbocycles. The highest BCUT2D eigenvalue weighted by Gasteiger charge is 2.32. The van der Waals surface area contributed by atoms with Crippen molar-refractivity contribution in [2.45, 2.75) is 51.9 Å². The molecule has 0 unspecified atom stereocenters. The molecule has 1 saturated heterocycles. The van der Waals surface area contributed by atoms with E-state index in [2.05, 4.69) is 25.8 Å². The van der Waals surface area contributed by atoms with E-state index in [4.69, 9.17) is 0 Å². The Hall–Kier alpha value is -2.45. The number of hydrogen-bond acceptors (Lipinski definition) is 4. The Kier molecular flexibility index (Phi) is 6.17. The van der Waals surface area contributed by atoms with Gasteiger partial charge < -0.3 is 9.88 Å². The smallest absolute Gasteiger partial charge is 0.270 e. The molecular formula is C23H31N3O4S. The van der Waals surface area contributed by atoms with E-state index in [1.165, 1.54) is 11.2 Å². The van der Waals surface area contributed by atoms with Crippen LogP contribution in [-0.2, 0) is 15.4 Å². The van der Waals surface area contributed by atoms with E-state index in [1.807, 2.05) is 12.1 Å². The maximum Gasteiger partial charge on any atom is 0.270 e. The molecule has 1 aliphatic rings. The van der Waals surface area contributed by atoms with Crippen molar-refractivity contribution in [3.05, 3.63) is 52.3 Å². The molecule has 2 heterocycles. The van der Waals surface area contributed by atoms with Crippen LogP contribution in [0.2, 0.25) is 0 Å². The number of aromatic amines is 1. The van der Waals surface area contributed by atoms with Crippen molar-refractivity contribution in [3.63, 3.8) is 0 Å². The second-order valence-electron chi connectivity index (χ2n) is 9.15. The molecule has 1 aromatic heterocycles. The number of nitrogens with zero attached hydrogens (tertiary/aromatic N) is 2. The highest BCUT2D eigenvalue weighted by molar-refractivity contribution is 7.89. The monoisotopic (exact) mass is 445 g/mol. The number of benzene rings is 1. The van der Waals surface area contributed by atoms with E-state index in [9.17, 15) is 18.0 Å². The molecule has 1 N–H and O–H groups in total. The average Bonchev–Trinajstić information content (AvgIpc) is 3.01. The molecule has 168 valence electrons. The molecule has 1 aliphatic heterocycles. The Morgan fingerprint density at radius 2 is 1.52 bits per heavy atom. The number of Topliss-reactive ketones (excluding diaryl/α,β-unsaturated/α-hetero) is 1. The molecule has 1 fully saturated rings. The maximum atomic E-state index is 13.1. The minimum absolute atomic E-state index is 0.0508. The van der Waals surface area contributed by atoms with Crippen LogP contribution in [0.5, 0.6) is 0 Å². The molecule has 8 heteroatoms. The van der Waals surface area contributed by atoms with Gasteiger partial charge in [-0.15, -0.1) is 0 Å². The second-order valence-corrected chi connectivity index (χ2v) is 11.1. The molecule has 31 heavy (non-hydrogen) atoms. The minimum atomic E-state index is -3.62. The third kappa shape index (κ3) is 4.45. The number of aromatic nitrogens is 1. The summed E-state index contributed by atoms with van der Waals surface area (Å²) in [5.41, 5.74) is 3.28. The zero-order valence-electron chi connectivity index (χ0n) is 19.1. The fourth-order valence-electron chi connectivity index (χ4n) is 4.06. The van der Waals surface area contributed by atoms with Gasteiger partial charge in [0.25, 0.3) is 5.91 Å². The zero-order chi connectivity index (χ0) is 23.1. The summed E-state index contributed by atoms with van der Waals surface area (Å²) in [6.07, 6.45) is 0. The Morgan fingerprint density at radius 1 is 0.968 bits per heavy atom. The van der Waals surface area contributed by atoms with Gasteiger partial charge in [-0.2, -0.15) is 4.31 Å². The van der Waals surface area contributed by atoms with Gasteiger partial charge in [0.05, 0.1) is 4.90 Å². The Bertz CT molecular complexity index is 1100. The highest BCUT2D eigenvalue weighted by atomic mass is 32.2. The van der Waals surface area contributed by atoms with Crippen molar-refractivity contribution in [2.24, 2.45) is 0 Å². The first-order valence-corrected chi connectivity index (χ1v) is 11.9. The summed E-state index contributed by atoms with van der Waals surface area (Å²) in [5.74, 6) is -0.293. The zero-order valence-corrected chi connectivity index (χ0v) is 19.9. The van der Waals surface area contributed by atoms with E-state index in [-0.39, 0.29) is 35.1 Å². The van der Waals surface area contributed by atoms with E-state index in [0.29, 0.717) is 35.6 Å². The third-order valence-corrected chi connectivity index (χ3v) is 7.80. The fourth-order valence-corrected chi connectivity index (χ4v) is 5.48. The van der Waals surface area contributed by atoms with Crippen molar-refractivity contribution < 1.29 is 18.0 Å². The lowest BCUT2D eigenvalue weighted by atomic mass is 9.87. The van der Waals surface area contributed by atoms with Gasteiger partial charge in [0.15, 0.2) is 5.78 Å². The molecule has 1 aromatic carbocycles. The summed E-state index contributed by atoms with van der Waals surface area (Å²) in [4.78, 5) is 29.8. The topological polar surface area (TPSA) is 90.6 Å². The van der Waals surface area contributed by atoms with Crippen LogP contribution in [0.4, 0.5) is 0 Å². The summed E-state index contributed by atoms with van der Waals surface area (Å²) < 4.78 is 27.5. The molecule has 3 rings (SSSR count). The van der Waals surface area contributed by atoms with E-state index >= 15 is 0 Å². The number of piperazine rings is 1. The first kappa shape index (κ1) is 23.2. The molecule has 0 aliphatic carbocycles. The summed E-state index contributed by atoms with van der Waals surface area (Å²) in [5, 5.41) is 0. The Balaban J connectivity index is 1.72. The van der Waals surface area contributed by atoms with Gasteiger partial charge in [-0.3, -0.25) is 9.59 Å². The predicted molar refractivity (Wildman–Crippen MR) is 120 cm³/mol. The molecule has 2 aromatic rings. The molecule has 7 nitrogen and oxygen atoms in total. The third-order valence-electron chi connectivity index (χ3n) is 5.89. The summed E-state index contributed by atoms with van der Waals surface area (Å²) in [6.45, 7) is 12.3. The van der Waals surface area contributed by atoms with Crippen LogP contribution in [0.25, 0.3) is 0 Å². The lowest BCUT2D eigenvalue weighted by Gasteiger charge is -2.34. The highest BCUT2D eigenvalue weighted by Crippen LogP contribution is 2.26. The number of rotatable bonds is 4. The van der Waals surface area contributed by atoms with Crippen LogP contribution < -0.4 is 0 Å². The van der Waals surface area contributed by atoms with E-state index in [0.717, 1.165) is 5.56 Å². The lowest BCUT2D eigenvalue weighted by molar-refractivity contribution is 0.0691. The largest absolute Gasteiger partial charge is 0.354 e. The number of carbonyl (C=O) groups is 2. The van der Waals surface area contributed by atoms with Crippen molar-refractivity contribution in [1.29, 1.82) is 0 Å². The van der Waals surface area contributed by atoms with E-state index in [1.54, 1.807) is 30.9 Å². The maximum absolute atomic E-state index is 13.1. The van der Waals surface area contributed by atoms with Gasteiger partial charge in [0, 0.05) is 37.4 Å². The van der Waals surface area contributed by atoms with Crippen LogP contribution in [0.1, 0.15) is 65.4 Å². The molecule has 0 radical (unpaired) electrons. The van der Waals surface area contributed by atoms with Crippen LogP contribution in [-0.4, -0.2) is 60.5 Å². The number of nitrogens with one attached hydrogen (secondary N) is 1. The number of amides is 1. The first-order chi connectivity index (χ1) is 14.3. The van der Waals surface area contributed by atoms with Crippen molar-refractivity contribution >= 4 is 21.7 Å². The van der Waals surface area contributed by atoms with Crippen LogP contribution in [0, 0.1) is 13.8 Å². The van der Waals surface area contributed by atoms with Gasteiger partial charge in [-0.1, -0.05) is 32.9 Å². The molecular weight excluding hydrogens is 414 g/mol. The number of sulfonamides is 1. The average molecular weight is 446 g/mol. The van der Waals surface area contributed by atoms with Gasteiger partial charge >= 0.3 is 0 Å². The minimum Gasteiger partial charge on any atom is -0.354 e. The summed E-state index contributed by atoms with van der Waals surface area (Å²) >= 11 is 0. The van der Waals surface area contributed by atoms with Crippen molar-refractivity contribution in [2.75, 3.05) is 26.2 Å². The first-order valence-electron chi connectivity index (χ1n) is 10.4. The standard InChI is InChI=1S/C23H31N3O4S/c1-15-20(17(3)27)16(2)24-21(15)22(28)25-11-13-26(14-12-25)31(29,30)19-9-7-18(8-10-19)23(4,5)6/h7-10,24H,11-14H2,1-6H3.